The molecule has 0 aliphatic rings. The average Bonchev–Trinajstić information content (AvgIpc) is 2.16. The molecule has 1 aromatic carbocycles. The van der Waals surface area contributed by atoms with E-state index in [1.165, 1.54) is 18.2 Å². The third kappa shape index (κ3) is 2.71. The Labute approximate surface area is 92.0 Å². The van der Waals surface area contributed by atoms with Crippen LogP contribution in [0.3, 0.4) is 0 Å². The molecule has 6 heteroatoms. The SMILES string of the molecule is Nc1ccc(C(=O)CC(N)C(=O)O)c(N)c1. The summed E-state index contributed by atoms with van der Waals surface area (Å²) in [6.07, 6.45) is -0.288. The first-order chi connectivity index (χ1) is 7.41. The Balaban J connectivity index is 2.85. The highest BCUT2D eigenvalue weighted by Gasteiger charge is 2.18. The van der Waals surface area contributed by atoms with Gasteiger partial charge in [0.05, 0.1) is 0 Å². The van der Waals surface area contributed by atoms with E-state index in [9.17, 15) is 9.59 Å². The second-order valence-corrected chi connectivity index (χ2v) is 3.42. The summed E-state index contributed by atoms with van der Waals surface area (Å²) >= 11 is 0. The van der Waals surface area contributed by atoms with E-state index in [2.05, 4.69) is 0 Å². The molecule has 0 bridgehead atoms. The third-order valence-electron chi connectivity index (χ3n) is 2.10. The van der Waals surface area contributed by atoms with Crippen molar-refractivity contribution < 1.29 is 14.7 Å². The largest absolute Gasteiger partial charge is 0.480 e. The number of hydrogen-bond donors (Lipinski definition) is 4. The van der Waals surface area contributed by atoms with Gasteiger partial charge in [0.2, 0.25) is 0 Å². The van der Waals surface area contributed by atoms with Gasteiger partial charge < -0.3 is 22.3 Å². The predicted octanol–water partition coefficient (Wildman–Crippen LogP) is -0.164. The number of rotatable bonds is 4. The van der Waals surface area contributed by atoms with Crippen molar-refractivity contribution in [2.45, 2.75) is 12.5 Å². The average molecular weight is 223 g/mol. The molecule has 1 atom stereocenters. The van der Waals surface area contributed by atoms with Crippen molar-refractivity contribution in [1.29, 1.82) is 0 Å². The van der Waals surface area contributed by atoms with E-state index in [1.807, 2.05) is 0 Å². The minimum Gasteiger partial charge on any atom is -0.480 e. The number of hydrogen-bond acceptors (Lipinski definition) is 5. The van der Waals surface area contributed by atoms with Gasteiger partial charge in [0.1, 0.15) is 6.04 Å². The molecule has 0 aliphatic carbocycles. The van der Waals surface area contributed by atoms with Crippen LogP contribution in [0.2, 0.25) is 0 Å². The summed E-state index contributed by atoms with van der Waals surface area (Å²) in [5.74, 6) is -1.63. The molecular weight excluding hydrogens is 210 g/mol. The number of anilines is 2. The van der Waals surface area contributed by atoms with E-state index in [-0.39, 0.29) is 17.7 Å². The Hall–Kier alpha value is -2.08. The number of nitrogens with two attached hydrogens (primary N) is 3. The van der Waals surface area contributed by atoms with Crippen molar-refractivity contribution >= 4 is 23.1 Å². The molecule has 0 aliphatic heterocycles. The highest BCUT2D eigenvalue weighted by molar-refractivity contribution is 6.03. The number of carboxylic acids is 1. The smallest absolute Gasteiger partial charge is 0.320 e. The summed E-state index contributed by atoms with van der Waals surface area (Å²) in [5, 5.41) is 8.56. The van der Waals surface area contributed by atoms with Gasteiger partial charge >= 0.3 is 5.97 Å². The number of Topliss-reactive ketones (excluding diaryl/α,β-unsaturated/α-hetero) is 1. The Bertz CT molecular complexity index is 431. The third-order valence-corrected chi connectivity index (χ3v) is 2.10. The van der Waals surface area contributed by atoms with Crippen molar-refractivity contribution in [2.75, 3.05) is 11.5 Å². The fourth-order valence-corrected chi connectivity index (χ4v) is 1.23. The quantitative estimate of drug-likeness (QED) is 0.414. The van der Waals surface area contributed by atoms with Gasteiger partial charge in [0.25, 0.3) is 0 Å². The molecule has 86 valence electrons. The molecule has 7 N–H and O–H groups in total. The van der Waals surface area contributed by atoms with Crippen LogP contribution >= 0.6 is 0 Å². The summed E-state index contributed by atoms with van der Waals surface area (Å²) in [4.78, 5) is 22.1. The first-order valence-electron chi connectivity index (χ1n) is 4.58. The number of benzene rings is 1. The van der Waals surface area contributed by atoms with Crippen LogP contribution in [0, 0.1) is 0 Å². The molecule has 16 heavy (non-hydrogen) atoms. The summed E-state index contributed by atoms with van der Waals surface area (Å²) < 4.78 is 0. The van der Waals surface area contributed by atoms with Crippen LogP contribution < -0.4 is 17.2 Å². The Morgan fingerprint density at radius 2 is 1.94 bits per heavy atom. The number of carboxylic acid groups (broad SMARTS) is 1. The Morgan fingerprint density at radius 1 is 1.31 bits per heavy atom. The molecule has 0 saturated heterocycles. The number of ketones is 1. The number of nitrogen functional groups attached to an aromatic ring is 2. The predicted molar refractivity (Wildman–Crippen MR) is 59.8 cm³/mol. The molecule has 0 saturated carbocycles. The van der Waals surface area contributed by atoms with E-state index < -0.39 is 17.8 Å². The summed E-state index contributed by atoms with van der Waals surface area (Å²) in [6.45, 7) is 0. The van der Waals surface area contributed by atoms with Gasteiger partial charge in [-0.25, -0.2) is 0 Å². The lowest BCUT2D eigenvalue weighted by Gasteiger charge is -2.08. The number of carbonyl (C=O) groups excluding carboxylic acids is 1. The van der Waals surface area contributed by atoms with Crippen LogP contribution in [0.15, 0.2) is 18.2 Å². The van der Waals surface area contributed by atoms with Gasteiger partial charge in [-0.15, -0.1) is 0 Å². The standard InChI is InChI=1S/C10H13N3O3/c11-5-1-2-6(7(12)3-5)9(14)4-8(13)10(15)16/h1-3,8H,4,11-13H2,(H,15,16). The van der Waals surface area contributed by atoms with Crippen LogP contribution in [0.5, 0.6) is 0 Å². The van der Waals surface area contributed by atoms with E-state index >= 15 is 0 Å². The lowest BCUT2D eigenvalue weighted by molar-refractivity contribution is -0.138. The van der Waals surface area contributed by atoms with E-state index in [4.69, 9.17) is 22.3 Å². The molecule has 0 fully saturated rings. The van der Waals surface area contributed by atoms with Crippen LogP contribution in [0.1, 0.15) is 16.8 Å². The van der Waals surface area contributed by atoms with Gasteiger partial charge in [-0.2, -0.15) is 0 Å². The zero-order chi connectivity index (χ0) is 12.3. The van der Waals surface area contributed by atoms with Crippen molar-refractivity contribution in [3.8, 4) is 0 Å². The van der Waals surface area contributed by atoms with E-state index in [0.29, 0.717) is 5.69 Å². The lowest BCUT2D eigenvalue weighted by Crippen LogP contribution is -2.32. The Kier molecular flexibility index (Phi) is 3.47. The zero-order valence-corrected chi connectivity index (χ0v) is 8.51. The maximum Gasteiger partial charge on any atom is 0.320 e. The Morgan fingerprint density at radius 3 is 2.44 bits per heavy atom. The molecule has 0 heterocycles. The molecule has 0 amide bonds. The second-order valence-electron chi connectivity index (χ2n) is 3.42. The van der Waals surface area contributed by atoms with Crippen LogP contribution in [-0.4, -0.2) is 22.9 Å². The minimum atomic E-state index is -1.22. The maximum atomic E-state index is 11.6. The number of aliphatic carboxylic acids is 1. The molecular formula is C10H13N3O3. The van der Waals surface area contributed by atoms with E-state index in [0.717, 1.165) is 0 Å². The van der Waals surface area contributed by atoms with Crippen molar-refractivity contribution in [3.05, 3.63) is 23.8 Å². The van der Waals surface area contributed by atoms with Crippen molar-refractivity contribution in [3.63, 3.8) is 0 Å². The van der Waals surface area contributed by atoms with Crippen molar-refractivity contribution in [2.24, 2.45) is 5.73 Å². The van der Waals surface area contributed by atoms with Crippen LogP contribution in [0.25, 0.3) is 0 Å². The normalized spacial score (nSPS) is 12.1. The lowest BCUT2D eigenvalue weighted by atomic mass is 10.0. The van der Waals surface area contributed by atoms with Crippen LogP contribution in [0.4, 0.5) is 11.4 Å². The molecule has 0 aromatic heterocycles. The van der Waals surface area contributed by atoms with Crippen LogP contribution in [-0.2, 0) is 4.79 Å². The molecule has 6 nitrogen and oxygen atoms in total. The van der Waals surface area contributed by atoms with Gasteiger partial charge in [-0.1, -0.05) is 0 Å². The minimum absolute atomic E-state index is 0.225. The zero-order valence-electron chi connectivity index (χ0n) is 8.51. The van der Waals surface area contributed by atoms with Crippen molar-refractivity contribution in [1.82, 2.24) is 0 Å². The van der Waals surface area contributed by atoms with Gasteiger partial charge in [-0.3, -0.25) is 9.59 Å². The van der Waals surface area contributed by atoms with Gasteiger partial charge in [-0.05, 0) is 18.2 Å². The molecule has 0 spiro atoms. The first-order valence-corrected chi connectivity index (χ1v) is 4.58. The molecule has 1 unspecified atom stereocenters. The highest BCUT2D eigenvalue weighted by Crippen LogP contribution is 2.17. The highest BCUT2D eigenvalue weighted by atomic mass is 16.4. The summed E-state index contributed by atoms with van der Waals surface area (Å²) in [5.41, 5.74) is 17.2. The maximum absolute atomic E-state index is 11.6. The fourth-order valence-electron chi connectivity index (χ4n) is 1.23. The molecule has 0 radical (unpaired) electrons. The van der Waals surface area contributed by atoms with E-state index in [1.54, 1.807) is 0 Å². The second kappa shape index (κ2) is 4.63. The monoisotopic (exact) mass is 223 g/mol. The molecule has 1 rings (SSSR count). The fraction of sp³-hybridized carbons (Fsp3) is 0.200. The van der Waals surface area contributed by atoms with Gasteiger partial charge in [0.15, 0.2) is 5.78 Å². The number of carbonyl (C=O) groups is 2. The summed E-state index contributed by atoms with van der Waals surface area (Å²) in [6, 6.07) is 3.21. The summed E-state index contributed by atoms with van der Waals surface area (Å²) in [7, 11) is 0. The van der Waals surface area contributed by atoms with Gasteiger partial charge in [0, 0.05) is 23.4 Å². The molecule has 1 aromatic rings. The topological polar surface area (TPSA) is 132 Å². The first kappa shape index (κ1) is 12.0.